The lowest BCUT2D eigenvalue weighted by Crippen LogP contribution is -2.52. The average Bonchev–Trinajstić information content (AvgIpc) is 3.09. The van der Waals surface area contributed by atoms with Gasteiger partial charge >= 0.3 is 6.03 Å². The fourth-order valence-corrected chi connectivity index (χ4v) is 2.67. The van der Waals surface area contributed by atoms with Crippen molar-refractivity contribution in [3.63, 3.8) is 0 Å². The molecule has 0 spiro atoms. The van der Waals surface area contributed by atoms with Crippen LogP contribution in [0.4, 0.5) is 10.5 Å². The second kappa shape index (κ2) is 7.02. The zero-order valence-corrected chi connectivity index (χ0v) is 12.6. The lowest BCUT2D eigenvalue weighted by atomic mass is 10.2. The topological polar surface area (TPSA) is 48.7 Å². The molecule has 3 rings (SSSR count). The van der Waals surface area contributed by atoms with Gasteiger partial charge in [0.25, 0.3) is 0 Å². The van der Waals surface area contributed by atoms with E-state index < -0.39 is 0 Å². The highest BCUT2D eigenvalue weighted by molar-refractivity contribution is 5.74. The minimum absolute atomic E-state index is 0.0132. The Balaban J connectivity index is 1.42. The largest absolute Gasteiger partial charge is 0.469 e. The molecule has 1 saturated heterocycles. The van der Waals surface area contributed by atoms with Crippen LogP contribution in [0.3, 0.4) is 0 Å². The van der Waals surface area contributed by atoms with Crippen molar-refractivity contribution >= 4 is 11.7 Å². The number of nitrogens with one attached hydrogen (secondary N) is 1. The Kier molecular flexibility index (Phi) is 4.63. The van der Waals surface area contributed by atoms with Gasteiger partial charge < -0.3 is 19.5 Å². The number of nitrogens with zero attached hydrogens (tertiary/aromatic N) is 2. The highest BCUT2D eigenvalue weighted by Crippen LogP contribution is 2.15. The molecule has 0 unspecified atom stereocenters. The molecule has 116 valence electrons. The van der Waals surface area contributed by atoms with Crippen molar-refractivity contribution in [2.45, 2.75) is 6.42 Å². The average molecular weight is 299 g/mol. The Morgan fingerprint density at radius 2 is 1.82 bits per heavy atom. The van der Waals surface area contributed by atoms with E-state index in [0.29, 0.717) is 6.54 Å². The zero-order valence-electron chi connectivity index (χ0n) is 12.6. The van der Waals surface area contributed by atoms with Gasteiger partial charge in [-0.3, -0.25) is 0 Å². The molecule has 1 N–H and O–H groups in total. The van der Waals surface area contributed by atoms with Gasteiger partial charge in [0, 0.05) is 44.8 Å². The van der Waals surface area contributed by atoms with Gasteiger partial charge in [-0.2, -0.15) is 0 Å². The van der Waals surface area contributed by atoms with E-state index in [1.54, 1.807) is 6.26 Å². The summed E-state index contributed by atoms with van der Waals surface area (Å²) >= 11 is 0. The number of para-hydroxylation sites is 1. The molecule has 1 aliphatic heterocycles. The summed E-state index contributed by atoms with van der Waals surface area (Å²) in [5, 5.41) is 2.95. The van der Waals surface area contributed by atoms with Crippen LogP contribution in [-0.2, 0) is 6.42 Å². The van der Waals surface area contributed by atoms with Crippen LogP contribution in [0.25, 0.3) is 0 Å². The zero-order chi connectivity index (χ0) is 15.2. The van der Waals surface area contributed by atoms with Crippen LogP contribution in [0.5, 0.6) is 0 Å². The number of amides is 2. The van der Waals surface area contributed by atoms with Crippen LogP contribution >= 0.6 is 0 Å². The van der Waals surface area contributed by atoms with E-state index >= 15 is 0 Å². The van der Waals surface area contributed by atoms with Crippen molar-refractivity contribution in [3.05, 3.63) is 54.5 Å². The van der Waals surface area contributed by atoms with Gasteiger partial charge in [0.2, 0.25) is 0 Å². The Morgan fingerprint density at radius 1 is 1.05 bits per heavy atom. The standard InChI is InChI=1S/C17H21N3O2/c21-17(18-9-8-16-7-4-14-22-16)20-12-10-19(11-13-20)15-5-2-1-3-6-15/h1-7,14H,8-13H2,(H,18,21). The van der Waals surface area contributed by atoms with Gasteiger partial charge in [-0.15, -0.1) is 0 Å². The number of hydrogen-bond acceptors (Lipinski definition) is 3. The summed E-state index contributed by atoms with van der Waals surface area (Å²) in [5.41, 5.74) is 1.22. The third-order valence-electron chi connectivity index (χ3n) is 3.92. The number of rotatable bonds is 4. The Hall–Kier alpha value is -2.43. The first-order valence-corrected chi connectivity index (χ1v) is 7.68. The molecule has 0 radical (unpaired) electrons. The van der Waals surface area contributed by atoms with Gasteiger partial charge in [0.1, 0.15) is 5.76 Å². The first-order valence-electron chi connectivity index (χ1n) is 7.68. The predicted molar refractivity (Wildman–Crippen MR) is 86.0 cm³/mol. The SMILES string of the molecule is O=C(NCCc1ccco1)N1CCN(c2ccccc2)CC1. The Bertz CT molecular complexity index is 575. The second-order valence-corrected chi connectivity index (χ2v) is 5.37. The fraction of sp³-hybridized carbons (Fsp3) is 0.353. The van der Waals surface area contributed by atoms with Crippen molar-refractivity contribution in [2.75, 3.05) is 37.6 Å². The molecule has 2 aromatic rings. The molecule has 1 aromatic carbocycles. The highest BCUT2D eigenvalue weighted by atomic mass is 16.3. The first kappa shape index (κ1) is 14.5. The minimum atomic E-state index is 0.0132. The van der Waals surface area contributed by atoms with Crippen LogP contribution < -0.4 is 10.2 Å². The number of hydrogen-bond donors (Lipinski definition) is 1. The molecule has 5 nitrogen and oxygen atoms in total. The molecule has 2 heterocycles. The highest BCUT2D eigenvalue weighted by Gasteiger charge is 2.20. The molecule has 1 fully saturated rings. The van der Waals surface area contributed by atoms with Crippen LogP contribution in [0.15, 0.2) is 53.1 Å². The summed E-state index contributed by atoms with van der Waals surface area (Å²) < 4.78 is 5.25. The van der Waals surface area contributed by atoms with E-state index in [4.69, 9.17) is 4.42 Å². The molecule has 0 atom stereocenters. The fourth-order valence-electron chi connectivity index (χ4n) is 2.67. The third kappa shape index (κ3) is 3.61. The number of furan rings is 1. The maximum atomic E-state index is 12.1. The number of carbonyl (C=O) groups excluding carboxylic acids is 1. The summed E-state index contributed by atoms with van der Waals surface area (Å²) in [4.78, 5) is 16.3. The van der Waals surface area contributed by atoms with E-state index in [1.807, 2.05) is 35.2 Å². The smallest absolute Gasteiger partial charge is 0.317 e. The first-order chi connectivity index (χ1) is 10.8. The third-order valence-corrected chi connectivity index (χ3v) is 3.92. The van der Waals surface area contributed by atoms with Crippen molar-refractivity contribution in [2.24, 2.45) is 0 Å². The molecule has 2 amide bonds. The minimum Gasteiger partial charge on any atom is -0.469 e. The maximum absolute atomic E-state index is 12.1. The van der Waals surface area contributed by atoms with E-state index in [1.165, 1.54) is 5.69 Å². The number of urea groups is 1. The van der Waals surface area contributed by atoms with Gasteiger partial charge in [-0.1, -0.05) is 18.2 Å². The van der Waals surface area contributed by atoms with E-state index in [9.17, 15) is 4.79 Å². The molecular weight excluding hydrogens is 278 g/mol. The molecule has 0 aliphatic carbocycles. The van der Waals surface area contributed by atoms with Gasteiger partial charge in [-0.25, -0.2) is 4.79 Å². The van der Waals surface area contributed by atoms with Crippen molar-refractivity contribution < 1.29 is 9.21 Å². The van der Waals surface area contributed by atoms with E-state index in [-0.39, 0.29) is 6.03 Å². The number of piperazine rings is 1. The molecule has 0 saturated carbocycles. The number of anilines is 1. The Morgan fingerprint density at radius 3 is 2.50 bits per heavy atom. The second-order valence-electron chi connectivity index (χ2n) is 5.37. The summed E-state index contributed by atoms with van der Waals surface area (Å²) in [6.45, 7) is 3.85. The quantitative estimate of drug-likeness (QED) is 0.943. The molecule has 0 bridgehead atoms. The number of benzene rings is 1. The van der Waals surface area contributed by atoms with Gasteiger partial charge in [0.05, 0.1) is 6.26 Å². The molecule has 1 aliphatic rings. The molecule has 5 heteroatoms. The summed E-state index contributed by atoms with van der Waals surface area (Å²) in [6, 6.07) is 14.1. The molecule has 22 heavy (non-hydrogen) atoms. The Labute approximate surface area is 130 Å². The van der Waals surface area contributed by atoms with Crippen molar-refractivity contribution in [3.8, 4) is 0 Å². The summed E-state index contributed by atoms with van der Waals surface area (Å²) in [6.07, 6.45) is 2.38. The van der Waals surface area contributed by atoms with Crippen LogP contribution in [-0.4, -0.2) is 43.7 Å². The summed E-state index contributed by atoms with van der Waals surface area (Å²) in [5.74, 6) is 0.897. The molecular formula is C17H21N3O2. The van der Waals surface area contributed by atoms with E-state index in [0.717, 1.165) is 38.4 Å². The van der Waals surface area contributed by atoms with Gasteiger partial charge in [0.15, 0.2) is 0 Å². The maximum Gasteiger partial charge on any atom is 0.317 e. The normalized spacial score (nSPS) is 14.9. The van der Waals surface area contributed by atoms with Crippen LogP contribution in [0, 0.1) is 0 Å². The van der Waals surface area contributed by atoms with Crippen LogP contribution in [0.1, 0.15) is 5.76 Å². The summed E-state index contributed by atoms with van der Waals surface area (Å²) in [7, 11) is 0. The monoisotopic (exact) mass is 299 g/mol. The molecule has 1 aromatic heterocycles. The van der Waals surface area contributed by atoms with Crippen molar-refractivity contribution in [1.29, 1.82) is 0 Å². The predicted octanol–water partition coefficient (Wildman–Crippen LogP) is 2.35. The lowest BCUT2D eigenvalue weighted by Gasteiger charge is -2.36. The van der Waals surface area contributed by atoms with Crippen LogP contribution in [0.2, 0.25) is 0 Å². The number of carbonyl (C=O) groups is 1. The van der Waals surface area contributed by atoms with E-state index in [2.05, 4.69) is 22.3 Å². The van der Waals surface area contributed by atoms with Crippen molar-refractivity contribution in [1.82, 2.24) is 10.2 Å². The lowest BCUT2D eigenvalue weighted by molar-refractivity contribution is 0.194. The van der Waals surface area contributed by atoms with Gasteiger partial charge in [-0.05, 0) is 24.3 Å².